The van der Waals surface area contributed by atoms with Crippen LogP contribution in [-0.4, -0.2) is 5.78 Å². The molecular formula is C16H13ClO. The van der Waals surface area contributed by atoms with Crippen molar-refractivity contribution >= 4 is 22.4 Å². The highest BCUT2D eigenvalue weighted by Gasteiger charge is 2.04. The van der Waals surface area contributed by atoms with Gasteiger partial charge in [0.25, 0.3) is 0 Å². The van der Waals surface area contributed by atoms with E-state index in [9.17, 15) is 4.79 Å². The van der Waals surface area contributed by atoms with Crippen molar-refractivity contribution in [2.75, 3.05) is 0 Å². The quantitative estimate of drug-likeness (QED) is 0.585. The zero-order valence-electron chi connectivity index (χ0n) is 10.1. The lowest BCUT2D eigenvalue weighted by Crippen LogP contribution is -1.94. The number of benzene rings is 2. The molecule has 0 aliphatic carbocycles. The van der Waals surface area contributed by atoms with Gasteiger partial charge in [-0.05, 0) is 12.5 Å². The van der Waals surface area contributed by atoms with Gasteiger partial charge >= 0.3 is 0 Å². The number of rotatable bonds is 3. The standard InChI is InChI=1S/C16H13ClO/c1-12-7-9-14(10-8-12)16(18)11-15(17)13-5-3-2-4-6-13/h2-11H,1H3/b15-11+. The molecule has 90 valence electrons. The van der Waals surface area contributed by atoms with E-state index in [2.05, 4.69) is 0 Å². The molecule has 0 aromatic heterocycles. The van der Waals surface area contributed by atoms with Crippen LogP contribution in [0.15, 0.2) is 60.7 Å². The fourth-order valence-electron chi connectivity index (χ4n) is 1.60. The summed E-state index contributed by atoms with van der Waals surface area (Å²) in [4.78, 5) is 12.0. The molecule has 2 heteroatoms. The Morgan fingerprint density at radius 3 is 2.17 bits per heavy atom. The Morgan fingerprint density at radius 1 is 0.944 bits per heavy atom. The summed E-state index contributed by atoms with van der Waals surface area (Å²) in [6.45, 7) is 1.99. The van der Waals surface area contributed by atoms with Crippen molar-refractivity contribution in [3.05, 3.63) is 77.4 Å². The predicted octanol–water partition coefficient (Wildman–Crippen LogP) is 4.46. The van der Waals surface area contributed by atoms with Gasteiger partial charge in [-0.2, -0.15) is 0 Å². The van der Waals surface area contributed by atoms with Gasteiger partial charge in [-0.1, -0.05) is 71.8 Å². The summed E-state index contributed by atoms with van der Waals surface area (Å²) in [7, 11) is 0. The Labute approximate surface area is 112 Å². The van der Waals surface area contributed by atoms with Crippen LogP contribution in [0, 0.1) is 6.92 Å². The van der Waals surface area contributed by atoms with E-state index in [1.54, 1.807) is 0 Å². The summed E-state index contributed by atoms with van der Waals surface area (Å²) in [5, 5.41) is 0.459. The molecule has 0 atom stereocenters. The van der Waals surface area contributed by atoms with Crippen LogP contribution in [0.1, 0.15) is 21.5 Å². The average Bonchev–Trinajstić information content (AvgIpc) is 2.40. The maximum absolute atomic E-state index is 12.0. The van der Waals surface area contributed by atoms with Crippen LogP contribution in [0.2, 0.25) is 0 Å². The average molecular weight is 257 g/mol. The second-order valence-corrected chi connectivity index (χ2v) is 4.50. The number of carbonyl (C=O) groups excluding carboxylic acids is 1. The normalized spacial score (nSPS) is 11.3. The van der Waals surface area contributed by atoms with E-state index in [1.165, 1.54) is 6.08 Å². The second kappa shape index (κ2) is 5.65. The first-order valence-electron chi connectivity index (χ1n) is 5.70. The van der Waals surface area contributed by atoms with Gasteiger partial charge in [0.2, 0.25) is 0 Å². The van der Waals surface area contributed by atoms with E-state index < -0.39 is 0 Å². The van der Waals surface area contributed by atoms with Crippen LogP contribution < -0.4 is 0 Å². The van der Waals surface area contributed by atoms with Crippen molar-refractivity contribution in [3.8, 4) is 0 Å². The molecule has 0 saturated heterocycles. The number of hydrogen-bond donors (Lipinski definition) is 0. The molecule has 0 saturated carbocycles. The third-order valence-electron chi connectivity index (χ3n) is 2.64. The minimum absolute atomic E-state index is 0.0798. The van der Waals surface area contributed by atoms with Gasteiger partial charge in [0, 0.05) is 11.6 Å². The van der Waals surface area contributed by atoms with Crippen molar-refractivity contribution in [2.24, 2.45) is 0 Å². The lowest BCUT2D eigenvalue weighted by Gasteiger charge is -2.00. The van der Waals surface area contributed by atoms with E-state index in [-0.39, 0.29) is 5.78 Å². The number of hydrogen-bond acceptors (Lipinski definition) is 1. The molecule has 0 bridgehead atoms. The Morgan fingerprint density at radius 2 is 1.56 bits per heavy atom. The Bertz CT molecular complexity index is 568. The first-order chi connectivity index (χ1) is 8.66. The molecule has 0 heterocycles. The van der Waals surface area contributed by atoms with Gasteiger partial charge in [0.1, 0.15) is 0 Å². The summed E-state index contributed by atoms with van der Waals surface area (Å²) in [6, 6.07) is 16.9. The highest BCUT2D eigenvalue weighted by atomic mass is 35.5. The topological polar surface area (TPSA) is 17.1 Å². The fourth-order valence-corrected chi connectivity index (χ4v) is 1.82. The van der Waals surface area contributed by atoms with E-state index in [0.29, 0.717) is 10.6 Å². The fraction of sp³-hybridized carbons (Fsp3) is 0.0625. The van der Waals surface area contributed by atoms with Gasteiger partial charge in [-0.25, -0.2) is 0 Å². The van der Waals surface area contributed by atoms with Gasteiger partial charge in [0.15, 0.2) is 5.78 Å². The van der Waals surface area contributed by atoms with Gasteiger partial charge in [0.05, 0.1) is 5.03 Å². The number of aryl methyl sites for hydroxylation is 1. The summed E-state index contributed by atoms with van der Waals surface area (Å²) >= 11 is 6.12. The second-order valence-electron chi connectivity index (χ2n) is 4.09. The number of allylic oxidation sites excluding steroid dienone is 1. The third-order valence-corrected chi connectivity index (χ3v) is 2.97. The van der Waals surface area contributed by atoms with Crippen molar-refractivity contribution in [1.82, 2.24) is 0 Å². The number of carbonyl (C=O) groups is 1. The van der Waals surface area contributed by atoms with E-state index >= 15 is 0 Å². The largest absolute Gasteiger partial charge is 0.289 e. The first-order valence-corrected chi connectivity index (χ1v) is 6.08. The Kier molecular flexibility index (Phi) is 3.96. The Balaban J connectivity index is 2.23. The molecule has 0 unspecified atom stereocenters. The maximum Gasteiger partial charge on any atom is 0.187 e. The molecule has 0 N–H and O–H groups in total. The Hall–Kier alpha value is -1.86. The van der Waals surface area contributed by atoms with Crippen LogP contribution in [0.25, 0.3) is 5.03 Å². The van der Waals surface area contributed by atoms with E-state index in [1.807, 2.05) is 61.5 Å². The molecule has 0 amide bonds. The van der Waals surface area contributed by atoms with Crippen molar-refractivity contribution in [2.45, 2.75) is 6.92 Å². The monoisotopic (exact) mass is 256 g/mol. The minimum atomic E-state index is -0.0798. The van der Waals surface area contributed by atoms with Crippen molar-refractivity contribution < 1.29 is 4.79 Å². The SMILES string of the molecule is Cc1ccc(C(=O)/C=C(/Cl)c2ccccc2)cc1. The van der Waals surface area contributed by atoms with Crippen LogP contribution in [0.3, 0.4) is 0 Å². The number of ketones is 1. The molecule has 2 rings (SSSR count). The van der Waals surface area contributed by atoms with Crippen LogP contribution >= 0.6 is 11.6 Å². The van der Waals surface area contributed by atoms with E-state index in [4.69, 9.17) is 11.6 Å². The summed E-state index contributed by atoms with van der Waals surface area (Å²) in [6.07, 6.45) is 1.46. The summed E-state index contributed by atoms with van der Waals surface area (Å²) in [5.41, 5.74) is 2.62. The molecule has 0 spiro atoms. The molecule has 0 aliphatic rings. The van der Waals surface area contributed by atoms with Crippen molar-refractivity contribution in [3.63, 3.8) is 0 Å². The third kappa shape index (κ3) is 3.08. The molecule has 1 nitrogen and oxygen atoms in total. The lowest BCUT2D eigenvalue weighted by molar-refractivity contribution is 0.104. The highest BCUT2D eigenvalue weighted by molar-refractivity contribution is 6.50. The van der Waals surface area contributed by atoms with Crippen molar-refractivity contribution in [1.29, 1.82) is 0 Å². The summed E-state index contributed by atoms with van der Waals surface area (Å²) in [5.74, 6) is -0.0798. The van der Waals surface area contributed by atoms with Crippen LogP contribution in [0.5, 0.6) is 0 Å². The molecule has 2 aromatic rings. The zero-order valence-corrected chi connectivity index (χ0v) is 10.8. The van der Waals surface area contributed by atoms with Gasteiger partial charge in [-0.3, -0.25) is 4.79 Å². The van der Waals surface area contributed by atoms with Crippen LogP contribution in [-0.2, 0) is 0 Å². The maximum atomic E-state index is 12.0. The molecule has 0 fully saturated rings. The summed E-state index contributed by atoms with van der Waals surface area (Å²) < 4.78 is 0. The molecule has 0 radical (unpaired) electrons. The molecule has 2 aromatic carbocycles. The smallest absolute Gasteiger partial charge is 0.187 e. The van der Waals surface area contributed by atoms with Gasteiger partial charge < -0.3 is 0 Å². The highest BCUT2D eigenvalue weighted by Crippen LogP contribution is 2.19. The predicted molar refractivity (Wildman–Crippen MR) is 75.8 cm³/mol. The minimum Gasteiger partial charge on any atom is -0.289 e. The lowest BCUT2D eigenvalue weighted by atomic mass is 10.1. The van der Waals surface area contributed by atoms with E-state index in [0.717, 1.165) is 11.1 Å². The first kappa shape index (κ1) is 12.6. The molecule has 0 aliphatic heterocycles. The number of halogens is 1. The molecular weight excluding hydrogens is 244 g/mol. The van der Waals surface area contributed by atoms with Gasteiger partial charge in [-0.15, -0.1) is 0 Å². The van der Waals surface area contributed by atoms with Crippen LogP contribution in [0.4, 0.5) is 0 Å². The molecule has 18 heavy (non-hydrogen) atoms. The zero-order chi connectivity index (χ0) is 13.0.